The predicted molar refractivity (Wildman–Crippen MR) is 107 cm³/mol. The van der Waals surface area contributed by atoms with E-state index in [-0.39, 0.29) is 23.8 Å². The molecule has 9 nitrogen and oxygen atoms in total. The molecule has 5 rings (SSSR count). The summed E-state index contributed by atoms with van der Waals surface area (Å²) in [4.78, 5) is 12.0. The molecule has 2 atom stereocenters. The third-order valence-corrected chi connectivity index (χ3v) is 5.60. The van der Waals surface area contributed by atoms with Crippen molar-refractivity contribution in [3.63, 3.8) is 0 Å². The molecule has 1 saturated carbocycles. The van der Waals surface area contributed by atoms with Crippen LogP contribution in [0, 0.1) is 11.8 Å². The number of rotatable bonds is 6. The maximum atomic E-state index is 12.0. The second-order valence-electron chi connectivity index (χ2n) is 7.86. The second kappa shape index (κ2) is 7.16. The molecule has 0 aromatic carbocycles. The zero-order valence-corrected chi connectivity index (χ0v) is 16.2. The number of aliphatic hydroxyl groups is 1. The van der Waals surface area contributed by atoms with Crippen LogP contribution in [0.25, 0.3) is 16.8 Å². The molecule has 0 bridgehead atoms. The smallest absolute Gasteiger partial charge is 0.228 e. The minimum atomic E-state index is -0.387. The van der Waals surface area contributed by atoms with Crippen LogP contribution in [0.2, 0.25) is 0 Å². The van der Waals surface area contributed by atoms with Crippen LogP contribution in [0.1, 0.15) is 12.8 Å². The SMILES string of the molecule is Cn1ncc(OC[C@H]2CNC[C@@H]2O)c1-c1ccn2nc(NC(=O)C3CC3)cc2c1. The number of aliphatic hydroxyl groups excluding tert-OH is 1. The van der Waals surface area contributed by atoms with Crippen LogP contribution in [0.3, 0.4) is 0 Å². The van der Waals surface area contributed by atoms with E-state index in [4.69, 9.17) is 4.74 Å². The number of pyridine rings is 1. The van der Waals surface area contributed by atoms with E-state index in [1.54, 1.807) is 15.4 Å². The van der Waals surface area contributed by atoms with Crippen LogP contribution in [-0.2, 0) is 11.8 Å². The molecule has 1 aliphatic carbocycles. The molecule has 29 heavy (non-hydrogen) atoms. The topological polar surface area (TPSA) is 106 Å². The van der Waals surface area contributed by atoms with Gasteiger partial charge in [-0.05, 0) is 25.0 Å². The van der Waals surface area contributed by atoms with E-state index in [9.17, 15) is 9.90 Å². The number of β-amino-alcohol motifs (C(OH)–C–C–N with tert-alkyl or cyclic N) is 1. The van der Waals surface area contributed by atoms with Crippen molar-refractivity contribution in [2.75, 3.05) is 25.0 Å². The van der Waals surface area contributed by atoms with E-state index in [0.29, 0.717) is 24.7 Å². The number of aryl methyl sites for hydroxylation is 1. The van der Waals surface area contributed by atoms with Crippen LogP contribution in [-0.4, -0.2) is 56.2 Å². The first kappa shape index (κ1) is 18.1. The molecule has 3 N–H and O–H groups in total. The molecule has 4 heterocycles. The summed E-state index contributed by atoms with van der Waals surface area (Å²) in [6.07, 6.45) is 5.09. The van der Waals surface area contributed by atoms with Gasteiger partial charge in [-0.3, -0.25) is 9.48 Å². The molecule has 152 valence electrons. The lowest BCUT2D eigenvalue weighted by Crippen LogP contribution is -2.24. The van der Waals surface area contributed by atoms with Gasteiger partial charge < -0.3 is 20.5 Å². The van der Waals surface area contributed by atoms with Crippen LogP contribution >= 0.6 is 0 Å². The van der Waals surface area contributed by atoms with Crippen molar-refractivity contribution in [3.05, 3.63) is 30.6 Å². The zero-order valence-electron chi connectivity index (χ0n) is 16.2. The zero-order chi connectivity index (χ0) is 20.0. The number of anilines is 1. The summed E-state index contributed by atoms with van der Waals surface area (Å²) >= 11 is 0. The highest BCUT2D eigenvalue weighted by molar-refractivity contribution is 5.93. The number of aromatic nitrogens is 4. The summed E-state index contributed by atoms with van der Waals surface area (Å²) in [5, 5.41) is 24.8. The first-order chi connectivity index (χ1) is 14.1. The Morgan fingerprint density at radius 3 is 3.00 bits per heavy atom. The van der Waals surface area contributed by atoms with Gasteiger partial charge in [0.2, 0.25) is 5.91 Å². The van der Waals surface area contributed by atoms with Crippen LogP contribution < -0.4 is 15.4 Å². The fourth-order valence-corrected chi connectivity index (χ4v) is 3.71. The normalized spacial score (nSPS) is 21.6. The number of carbonyl (C=O) groups excluding carboxylic acids is 1. The number of fused-ring (bicyclic) bond motifs is 1. The van der Waals surface area contributed by atoms with Crippen molar-refractivity contribution < 1.29 is 14.6 Å². The summed E-state index contributed by atoms with van der Waals surface area (Å²) in [5.41, 5.74) is 2.67. The van der Waals surface area contributed by atoms with E-state index < -0.39 is 0 Å². The molecule has 3 aromatic rings. The Hall–Kier alpha value is -2.91. The average molecular weight is 396 g/mol. The van der Waals surface area contributed by atoms with Crippen molar-refractivity contribution in [1.29, 1.82) is 0 Å². The first-order valence-corrected chi connectivity index (χ1v) is 9.93. The lowest BCUT2D eigenvalue weighted by molar-refractivity contribution is -0.117. The number of amides is 1. The quantitative estimate of drug-likeness (QED) is 0.575. The number of carbonyl (C=O) groups is 1. The molecule has 0 radical (unpaired) electrons. The Kier molecular flexibility index (Phi) is 4.48. The highest BCUT2D eigenvalue weighted by Crippen LogP contribution is 2.32. The van der Waals surface area contributed by atoms with E-state index in [1.165, 1.54) is 0 Å². The Morgan fingerprint density at radius 1 is 1.38 bits per heavy atom. The number of nitrogens with zero attached hydrogens (tertiary/aromatic N) is 4. The first-order valence-electron chi connectivity index (χ1n) is 9.93. The highest BCUT2D eigenvalue weighted by atomic mass is 16.5. The van der Waals surface area contributed by atoms with Gasteiger partial charge in [0, 0.05) is 49.8 Å². The molecule has 0 spiro atoms. The predicted octanol–water partition coefficient (Wildman–Crippen LogP) is 1.04. The third kappa shape index (κ3) is 3.58. The highest BCUT2D eigenvalue weighted by Gasteiger charge is 2.30. The molecular weight excluding hydrogens is 372 g/mol. The standard InChI is InChI=1S/C20H24N6O3/c1-25-19(17(10-22-25)29-11-14-8-21-9-16(14)27)13-4-5-26-15(6-13)7-18(24-26)23-20(28)12-2-3-12/h4-7,10,12,14,16,21,27H,2-3,8-9,11H2,1H3,(H,23,24,28)/t14-,16+/m1/s1. The van der Waals surface area contributed by atoms with Gasteiger partial charge in [0.25, 0.3) is 0 Å². The molecule has 0 unspecified atom stereocenters. The Labute approximate surface area is 167 Å². The van der Waals surface area contributed by atoms with Gasteiger partial charge in [-0.15, -0.1) is 0 Å². The van der Waals surface area contributed by atoms with Crippen LogP contribution in [0.5, 0.6) is 5.75 Å². The summed E-state index contributed by atoms with van der Waals surface area (Å²) in [6, 6.07) is 5.80. The molecular formula is C20H24N6O3. The van der Waals surface area contributed by atoms with Crippen molar-refractivity contribution >= 4 is 17.2 Å². The summed E-state index contributed by atoms with van der Waals surface area (Å²) in [7, 11) is 1.87. The Balaban J connectivity index is 1.38. The van der Waals surface area contributed by atoms with Gasteiger partial charge in [-0.2, -0.15) is 10.2 Å². The molecule has 1 saturated heterocycles. The van der Waals surface area contributed by atoms with E-state index in [0.717, 1.165) is 36.2 Å². The van der Waals surface area contributed by atoms with Gasteiger partial charge in [0.05, 0.1) is 24.4 Å². The molecule has 9 heteroatoms. The molecule has 2 fully saturated rings. The molecule has 1 amide bonds. The van der Waals surface area contributed by atoms with Crippen molar-refractivity contribution in [2.45, 2.75) is 18.9 Å². The van der Waals surface area contributed by atoms with Gasteiger partial charge in [-0.1, -0.05) is 0 Å². The summed E-state index contributed by atoms with van der Waals surface area (Å²) in [5.74, 6) is 1.48. The number of hydrogen-bond donors (Lipinski definition) is 3. The number of hydrogen-bond acceptors (Lipinski definition) is 6. The minimum absolute atomic E-state index is 0.0412. The third-order valence-electron chi connectivity index (χ3n) is 5.60. The van der Waals surface area contributed by atoms with E-state index in [2.05, 4.69) is 20.8 Å². The van der Waals surface area contributed by atoms with Crippen molar-refractivity contribution in [1.82, 2.24) is 24.7 Å². The number of ether oxygens (including phenoxy) is 1. The van der Waals surface area contributed by atoms with Gasteiger partial charge in [-0.25, -0.2) is 4.52 Å². The second-order valence-corrected chi connectivity index (χ2v) is 7.86. The maximum Gasteiger partial charge on any atom is 0.228 e. The fourth-order valence-electron chi connectivity index (χ4n) is 3.71. The fraction of sp³-hybridized carbons (Fsp3) is 0.450. The molecule has 2 aliphatic rings. The summed E-state index contributed by atoms with van der Waals surface area (Å²) < 4.78 is 9.52. The number of nitrogens with one attached hydrogen (secondary N) is 2. The molecule has 1 aliphatic heterocycles. The lowest BCUT2D eigenvalue weighted by Gasteiger charge is -2.15. The minimum Gasteiger partial charge on any atom is -0.489 e. The Bertz CT molecular complexity index is 1050. The average Bonchev–Trinajstić information content (AvgIpc) is 3.21. The van der Waals surface area contributed by atoms with Crippen molar-refractivity contribution in [3.8, 4) is 17.0 Å². The monoisotopic (exact) mass is 396 g/mol. The van der Waals surface area contributed by atoms with E-state index >= 15 is 0 Å². The molecule has 3 aromatic heterocycles. The van der Waals surface area contributed by atoms with Crippen molar-refractivity contribution in [2.24, 2.45) is 18.9 Å². The van der Waals surface area contributed by atoms with Gasteiger partial charge in [0.1, 0.15) is 5.69 Å². The van der Waals surface area contributed by atoms with Crippen LogP contribution in [0.4, 0.5) is 5.82 Å². The Morgan fingerprint density at radius 2 is 2.24 bits per heavy atom. The van der Waals surface area contributed by atoms with Crippen LogP contribution in [0.15, 0.2) is 30.6 Å². The lowest BCUT2D eigenvalue weighted by atomic mass is 10.1. The van der Waals surface area contributed by atoms with Gasteiger partial charge >= 0.3 is 0 Å². The largest absolute Gasteiger partial charge is 0.489 e. The van der Waals surface area contributed by atoms with E-state index in [1.807, 2.05) is 31.4 Å². The maximum absolute atomic E-state index is 12.0. The van der Waals surface area contributed by atoms with Gasteiger partial charge in [0.15, 0.2) is 11.6 Å². The summed E-state index contributed by atoms with van der Waals surface area (Å²) in [6.45, 7) is 1.78.